The van der Waals surface area contributed by atoms with Gasteiger partial charge in [0.05, 0.1) is 5.38 Å². The van der Waals surface area contributed by atoms with E-state index in [2.05, 4.69) is 26.8 Å². The summed E-state index contributed by atoms with van der Waals surface area (Å²) in [5, 5.41) is 0.147. The minimum absolute atomic E-state index is 0.0715. The molecule has 0 radical (unpaired) electrons. The molecule has 22 heavy (non-hydrogen) atoms. The summed E-state index contributed by atoms with van der Waals surface area (Å²) in [6, 6.07) is 0. The Bertz CT molecular complexity index is 538. The lowest BCUT2D eigenvalue weighted by Crippen LogP contribution is -2.53. The molecule has 0 amide bonds. The number of hydrogen-bond donors (Lipinski definition) is 0. The van der Waals surface area contributed by atoms with Gasteiger partial charge in [-0.3, -0.25) is 4.79 Å². The van der Waals surface area contributed by atoms with Gasteiger partial charge in [-0.15, -0.1) is 11.6 Å². The second-order valence-electron chi connectivity index (χ2n) is 9.11. The first kappa shape index (κ1) is 15.2. The number of rotatable bonds is 0. The third-order valence-corrected chi connectivity index (χ3v) is 8.46. The Kier molecular flexibility index (Phi) is 3.36. The minimum Gasteiger partial charge on any atom is -0.299 e. The van der Waals surface area contributed by atoms with Crippen molar-refractivity contribution in [3.05, 3.63) is 11.6 Å². The molecule has 0 aliphatic heterocycles. The van der Waals surface area contributed by atoms with Crippen molar-refractivity contribution in [2.24, 2.45) is 34.5 Å². The monoisotopic (exact) mass is 320 g/mol. The molecule has 0 aromatic rings. The van der Waals surface area contributed by atoms with Crippen LogP contribution >= 0.6 is 11.6 Å². The summed E-state index contributed by atoms with van der Waals surface area (Å²) in [6.45, 7) is 7.12. The van der Waals surface area contributed by atoms with Crippen molar-refractivity contribution >= 4 is 17.4 Å². The molecular weight excluding hydrogens is 292 g/mol. The summed E-state index contributed by atoms with van der Waals surface area (Å²) in [4.78, 5) is 12.5. The lowest BCUT2D eigenvalue weighted by Gasteiger charge is -2.58. The van der Waals surface area contributed by atoms with Gasteiger partial charge in [0.15, 0.2) is 0 Å². The van der Waals surface area contributed by atoms with Crippen LogP contribution in [0.25, 0.3) is 0 Å². The average molecular weight is 321 g/mol. The van der Waals surface area contributed by atoms with E-state index in [9.17, 15) is 4.79 Å². The number of carbonyl (C=O) groups is 1. The van der Waals surface area contributed by atoms with Crippen molar-refractivity contribution in [3.63, 3.8) is 0 Å². The molecule has 4 rings (SSSR count). The second-order valence-corrected chi connectivity index (χ2v) is 9.61. The maximum absolute atomic E-state index is 12.5. The molecule has 7 atom stereocenters. The van der Waals surface area contributed by atoms with E-state index in [-0.39, 0.29) is 10.8 Å². The van der Waals surface area contributed by atoms with Gasteiger partial charge in [-0.1, -0.05) is 32.4 Å². The number of Topliss-reactive ketones (excluding diaryl/α,β-unsaturated/α-hetero) is 1. The van der Waals surface area contributed by atoms with E-state index in [1.807, 2.05) is 0 Å². The first-order valence-corrected chi connectivity index (χ1v) is 9.68. The highest BCUT2D eigenvalue weighted by Crippen LogP contribution is 2.64. The quantitative estimate of drug-likeness (QED) is 0.433. The van der Waals surface area contributed by atoms with Crippen LogP contribution in [0.2, 0.25) is 0 Å². The number of allylic oxidation sites excluding steroid dienone is 2. The predicted molar refractivity (Wildman–Crippen MR) is 90.9 cm³/mol. The fraction of sp³-hybridized carbons (Fsp3) is 0.850. The van der Waals surface area contributed by atoms with Crippen LogP contribution in [0.15, 0.2) is 11.6 Å². The highest BCUT2D eigenvalue weighted by atomic mass is 35.5. The summed E-state index contributed by atoms with van der Waals surface area (Å²) < 4.78 is 0. The fourth-order valence-electron chi connectivity index (χ4n) is 6.56. The first-order valence-electron chi connectivity index (χ1n) is 9.25. The summed E-state index contributed by atoms with van der Waals surface area (Å²) in [6.07, 6.45) is 10.5. The molecule has 0 bridgehead atoms. The zero-order valence-corrected chi connectivity index (χ0v) is 15.0. The third kappa shape index (κ3) is 1.87. The molecule has 4 aliphatic carbocycles. The molecule has 0 heterocycles. The maximum Gasteiger partial charge on any atom is 0.139 e. The van der Waals surface area contributed by atoms with Crippen molar-refractivity contribution in [3.8, 4) is 0 Å². The summed E-state index contributed by atoms with van der Waals surface area (Å²) >= 11 is 6.91. The zero-order chi connectivity index (χ0) is 15.7. The summed E-state index contributed by atoms with van der Waals surface area (Å²) in [5.74, 6) is 3.06. The number of carbonyl (C=O) groups excluding carboxylic acids is 1. The fourth-order valence-corrected chi connectivity index (χ4v) is 7.06. The van der Waals surface area contributed by atoms with Gasteiger partial charge in [0.25, 0.3) is 0 Å². The molecule has 2 unspecified atom stereocenters. The van der Waals surface area contributed by atoms with Gasteiger partial charge in [0.1, 0.15) is 5.78 Å². The standard InChI is InChI=1S/C20H29ClO/c1-12-6-8-19(2)13(10-12)11-16(21)18-14-4-5-17(22)20(14,3)9-7-15(18)19/h11-12,14-16,18H,4-10H2,1-3H3/t12?,14-,15+,16?,18-,19-,20-/m0/s1. The Balaban J connectivity index is 1.75. The molecule has 0 saturated heterocycles. The van der Waals surface area contributed by atoms with Gasteiger partial charge < -0.3 is 0 Å². The Morgan fingerprint density at radius 3 is 2.55 bits per heavy atom. The largest absolute Gasteiger partial charge is 0.299 e. The van der Waals surface area contributed by atoms with Crippen molar-refractivity contribution in [1.29, 1.82) is 0 Å². The van der Waals surface area contributed by atoms with E-state index in [1.54, 1.807) is 5.57 Å². The van der Waals surface area contributed by atoms with Crippen molar-refractivity contribution in [2.45, 2.75) is 71.1 Å². The molecular formula is C20H29ClO. The van der Waals surface area contributed by atoms with Gasteiger partial charge >= 0.3 is 0 Å². The summed E-state index contributed by atoms with van der Waals surface area (Å²) in [5.41, 5.74) is 1.92. The molecule has 3 saturated carbocycles. The van der Waals surface area contributed by atoms with E-state index in [1.165, 1.54) is 25.7 Å². The predicted octanol–water partition coefficient (Wildman–Crippen LogP) is 5.37. The molecule has 122 valence electrons. The molecule has 0 aromatic carbocycles. The van der Waals surface area contributed by atoms with Crippen LogP contribution in [0.5, 0.6) is 0 Å². The van der Waals surface area contributed by atoms with Gasteiger partial charge in [-0.2, -0.15) is 0 Å². The van der Waals surface area contributed by atoms with Crippen LogP contribution in [-0.2, 0) is 4.79 Å². The maximum atomic E-state index is 12.5. The Labute approximate surface area is 139 Å². The SMILES string of the molecule is CC1CC[C@@]2(C)C(=CC(Cl)[C@@H]3[C@H]2CC[C@]2(C)C(=O)CC[C@@H]32)C1. The van der Waals surface area contributed by atoms with E-state index in [4.69, 9.17) is 11.6 Å². The molecule has 2 heteroatoms. The highest BCUT2D eigenvalue weighted by molar-refractivity contribution is 6.22. The molecule has 3 fully saturated rings. The van der Waals surface area contributed by atoms with E-state index in [0.29, 0.717) is 29.0 Å². The second kappa shape index (κ2) is 4.85. The number of hydrogen-bond acceptors (Lipinski definition) is 1. The molecule has 4 aliphatic rings. The molecule has 0 spiro atoms. The minimum atomic E-state index is -0.0715. The van der Waals surface area contributed by atoms with Crippen LogP contribution < -0.4 is 0 Å². The Morgan fingerprint density at radius 1 is 1.09 bits per heavy atom. The first-order chi connectivity index (χ1) is 10.4. The molecule has 0 N–H and O–H groups in total. The topological polar surface area (TPSA) is 17.1 Å². The molecule has 1 nitrogen and oxygen atoms in total. The molecule has 0 aromatic heterocycles. The Hall–Kier alpha value is -0.300. The van der Waals surface area contributed by atoms with Crippen LogP contribution in [0, 0.1) is 34.5 Å². The van der Waals surface area contributed by atoms with Crippen molar-refractivity contribution < 1.29 is 4.79 Å². The zero-order valence-electron chi connectivity index (χ0n) is 14.2. The summed E-state index contributed by atoms with van der Waals surface area (Å²) in [7, 11) is 0. The van der Waals surface area contributed by atoms with Crippen molar-refractivity contribution in [1.82, 2.24) is 0 Å². The average Bonchev–Trinajstić information content (AvgIpc) is 2.77. The smallest absolute Gasteiger partial charge is 0.139 e. The highest BCUT2D eigenvalue weighted by Gasteiger charge is 2.60. The lowest BCUT2D eigenvalue weighted by molar-refractivity contribution is -0.131. The number of halogens is 1. The van der Waals surface area contributed by atoms with Crippen LogP contribution in [0.4, 0.5) is 0 Å². The normalized spacial score (nSPS) is 54.3. The van der Waals surface area contributed by atoms with Crippen molar-refractivity contribution in [2.75, 3.05) is 0 Å². The van der Waals surface area contributed by atoms with E-state index < -0.39 is 0 Å². The number of ketones is 1. The van der Waals surface area contributed by atoms with Gasteiger partial charge in [0, 0.05) is 11.8 Å². The number of fused-ring (bicyclic) bond motifs is 5. The van der Waals surface area contributed by atoms with Gasteiger partial charge in [-0.25, -0.2) is 0 Å². The lowest BCUT2D eigenvalue weighted by atomic mass is 9.47. The Morgan fingerprint density at radius 2 is 1.77 bits per heavy atom. The van der Waals surface area contributed by atoms with Crippen LogP contribution in [0.3, 0.4) is 0 Å². The van der Waals surface area contributed by atoms with Crippen LogP contribution in [-0.4, -0.2) is 11.2 Å². The van der Waals surface area contributed by atoms with E-state index in [0.717, 1.165) is 25.2 Å². The van der Waals surface area contributed by atoms with Crippen LogP contribution in [0.1, 0.15) is 65.7 Å². The van der Waals surface area contributed by atoms with Gasteiger partial charge in [0.2, 0.25) is 0 Å². The third-order valence-electron chi connectivity index (χ3n) is 8.05. The van der Waals surface area contributed by atoms with Gasteiger partial charge in [-0.05, 0) is 67.6 Å². The van der Waals surface area contributed by atoms with E-state index >= 15 is 0 Å². The number of alkyl halides is 1.